The van der Waals surface area contributed by atoms with Crippen molar-refractivity contribution in [2.45, 2.75) is 46.0 Å². The fourth-order valence-corrected chi connectivity index (χ4v) is 6.33. The Bertz CT molecular complexity index is 1200. The molecule has 0 saturated heterocycles. The van der Waals surface area contributed by atoms with Crippen LogP contribution in [-0.4, -0.2) is 24.7 Å². The molecular weight excluding hydrogens is 404 g/mol. The van der Waals surface area contributed by atoms with E-state index >= 15 is 0 Å². The van der Waals surface area contributed by atoms with Crippen LogP contribution < -0.4 is 9.79 Å². The van der Waals surface area contributed by atoms with Crippen LogP contribution in [0.25, 0.3) is 21.9 Å². The first-order chi connectivity index (χ1) is 14.8. The first-order valence-electron chi connectivity index (χ1n) is 11.1. The van der Waals surface area contributed by atoms with E-state index in [1.54, 1.807) is 11.3 Å². The highest BCUT2D eigenvalue weighted by atomic mass is 32.1. The van der Waals surface area contributed by atoms with Gasteiger partial charge in [-0.25, -0.2) is 4.98 Å². The SMILES string of the molecule is CC1(C)Cc2c3c(cc4c2N(CCC4(C)C)C1)C=C(c1nc2ccccc2s1)COO3. The van der Waals surface area contributed by atoms with Gasteiger partial charge in [0.15, 0.2) is 5.75 Å². The number of nitrogens with zero attached hydrogens (tertiary/aromatic N) is 2. The molecule has 3 aromatic rings. The van der Waals surface area contributed by atoms with Crippen LogP contribution in [0.5, 0.6) is 5.75 Å². The summed E-state index contributed by atoms with van der Waals surface area (Å²) in [6.07, 6.45) is 4.41. The monoisotopic (exact) mass is 432 g/mol. The number of benzene rings is 2. The maximum Gasteiger partial charge on any atom is 0.177 e. The van der Waals surface area contributed by atoms with E-state index < -0.39 is 0 Å². The lowest BCUT2D eigenvalue weighted by Gasteiger charge is -2.48. The molecule has 6 rings (SSSR count). The molecule has 0 saturated carbocycles. The highest BCUT2D eigenvalue weighted by Crippen LogP contribution is 2.52. The maximum atomic E-state index is 6.00. The summed E-state index contributed by atoms with van der Waals surface area (Å²) in [5.41, 5.74) is 7.71. The van der Waals surface area contributed by atoms with Gasteiger partial charge in [-0.1, -0.05) is 39.8 Å². The minimum absolute atomic E-state index is 0.147. The molecule has 5 heteroatoms. The minimum Gasteiger partial charge on any atom is -0.370 e. The van der Waals surface area contributed by atoms with Gasteiger partial charge in [-0.2, -0.15) is 4.89 Å². The van der Waals surface area contributed by atoms with Gasteiger partial charge in [-0.05, 0) is 53.5 Å². The Labute approximate surface area is 187 Å². The summed E-state index contributed by atoms with van der Waals surface area (Å²) >= 11 is 1.71. The van der Waals surface area contributed by atoms with Gasteiger partial charge in [0.25, 0.3) is 0 Å². The maximum absolute atomic E-state index is 6.00. The fraction of sp³-hybridized carbons (Fsp3) is 0.423. The van der Waals surface area contributed by atoms with E-state index in [4.69, 9.17) is 14.8 Å². The second-order valence-corrected chi connectivity index (χ2v) is 11.6. The van der Waals surface area contributed by atoms with Gasteiger partial charge >= 0.3 is 0 Å². The number of fused-ring (bicyclic) bond motifs is 3. The van der Waals surface area contributed by atoms with Crippen LogP contribution in [0.15, 0.2) is 30.3 Å². The van der Waals surface area contributed by atoms with E-state index in [0.29, 0.717) is 6.61 Å². The van der Waals surface area contributed by atoms with Gasteiger partial charge in [-0.3, -0.25) is 0 Å². The molecule has 0 spiro atoms. The van der Waals surface area contributed by atoms with Gasteiger partial charge in [-0.15, -0.1) is 11.3 Å². The quantitative estimate of drug-likeness (QED) is 0.427. The fourth-order valence-electron chi connectivity index (χ4n) is 5.36. The van der Waals surface area contributed by atoms with Gasteiger partial charge in [0.05, 0.1) is 10.2 Å². The Kier molecular flexibility index (Phi) is 4.09. The number of aromatic nitrogens is 1. The van der Waals surface area contributed by atoms with Crippen LogP contribution in [0.2, 0.25) is 0 Å². The summed E-state index contributed by atoms with van der Waals surface area (Å²) in [6.45, 7) is 12.0. The van der Waals surface area contributed by atoms with Crippen molar-refractivity contribution >= 4 is 38.9 Å². The molecule has 0 unspecified atom stereocenters. The summed E-state index contributed by atoms with van der Waals surface area (Å²) in [5.74, 6) is 0.894. The van der Waals surface area contributed by atoms with E-state index in [1.807, 2.05) is 6.07 Å². The molecule has 0 bridgehead atoms. The van der Waals surface area contributed by atoms with Crippen molar-refractivity contribution in [2.24, 2.45) is 5.41 Å². The Morgan fingerprint density at radius 1 is 1.13 bits per heavy atom. The molecule has 3 aliphatic heterocycles. The van der Waals surface area contributed by atoms with Gasteiger partial charge in [0.2, 0.25) is 0 Å². The summed E-state index contributed by atoms with van der Waals surface area (Å²) in [4.78, 5) is 19.2. The van der Waals surface area contributed by atoms with E-state index in [1.165, 1.54) is 27.9 Å². The van der Waals surface area contributed by atoms with Gasteiger partial charge < -0.3 is 9.79 Å². The molecule has 0 amide bonds. The van der Waals surface area contributed by atoms with Crippen molar-refractivity contribution in [1.29, 1.82) is 0 Å². The largest absolute Gasteiger partial charge is 0.370 e. The Morgan fingerprint density at radius 3 is 2.81 bits per heavy atom. The van der Waals surface area contributed by atoms with Crippen molar-refractivity contribution in [3.8, 4) is 5.75 Å². The molecule has 0 N–H and O–H groups in total. The van der Waals surface area contributed by atoms with Crippen molar-refractivity contribution in [2.75, 3.05) is 24.6 Å². The molecule has 2 aromatic carbocycles. The molecule has 4 heterocycles. The second kappa shape index (κ2) is 6.57. The summed E-state index contributed by atoms with van der Waals surface area (Å²) in [7, 11) is 0. The Morgan fingerprint density at radius 2 is 1.97 bits per heavy atom. The van der Waals surface area contributed by atoms with Crippen molar-refractivity contribution in [1.82, 2.24) is 4.98 Å². The van der Waals surface area contributed by atoms with Crippen molar-refractivity contribution < 1.29 is 9.78 Å². The Balaban J connectivity index is 1.55. The number of thiazole rings is 1. The van der Waals surface area contributed by atoms with Crippen LogP contribution in [0.1, 0.15) is 55.8 Å². The Hall–Kier alpha value is -2.37. The number of para-hydroxylation sites is 1. The lowest BCUT2D eigenvalue weighted by atomic mass is 9.71. The molecular formula is C26H28N2O2S. The van der Waals surface area contributed by atoms with Crippen LogP contribution in [0.4, 0.5) is 5.69 Å². The predicted octanol–water partition coefficient (Wildman–Crippen LogP) is 6.23. The van der Waals surface area contributed by atoms with Crippen molar-refractivity contribution in [3.05, 3.63) is 52.0 Å². The highest BCUT2D eigenvalue weighted by Gasteiger charge is 2.41. The van der Waals surface area contributed by atoms with Gasteiger partial charge in [0.1, 0.15) is 11.6 Å². The van der Waals surface area contributed by atoms with Crippen LogP contribution in [0.3, 0.4) is 0 Å². The lowest BCUT2D eigenvalue weighted by molar-refractivity contribution is -0.193. The third-order valence-electron chi connectivity index (χ3n) is 6.96. The summed E-state index contributed by atoms with van der Waals surface area (Å²) in [5, 5.41) is 1.00. The normalized spacial score (nSPS) is 21.0. The molecule has 0 fully saturated rings. The smallest absolute Gasteiger partial charge is 0.177 e. The predicted molar refractivity (Wildman–Crippen MR) is 128 cm³/mol. The average molecular weight is 433 g/mol. The molecule has 4 nitrogen and oxygen atoms in total. The van der Waals surface area contributed by atoms with Crippen molar-refractivity contribution in [3.63, 3.8) is 0 Å². The lowest BCUT2D eigenvalue weighted by Crippen LogP contribution is -2.46. The average Bonchev–Trinajstić information content (AvgIpc) is 3.02. The zero-order valence-corrected chi connectivity index (χ0v) is 19.4. The number of hydrogen-bond acceptors (Lipinski definition) is 5. The minimum atomic E-state index is 0.147. The van der Waals surface area contributed by atoms with E-state index in [-0.39, 0.29) is 10.8 Å². The first-order valence-corrected chi connectivity index (χ1v) is 11.9. The molecule has 0 atom stereocenters. The molecule has 160 valence electrons. The number of hydrogen-bond donors (Lipinski definition) is 0. The highest BCUT2D eigenvalue weighted by molar-refractivity contribution is 7.19. The van der Waals surface area contributed by atoms with E-state index in [0.717, 1.165) is 46.9 Å². The number of anilines is 1. The standard InChI is InChI=1S/C26H28N2O2S/c1-25(2)13-18-22-19(26(3,4)9-10-28(22)15-25)12-16-11-17(14-29-30-23(16)18)24-27-20-7-5-6-8-21(20)31-24/h5-8,11-12H,9-10,13-15H2,1-4H3. The second-order valence-electron chi connectivity index (χ2n) is 10.6. The zero-order chi connectivity index (χ0) is 21.4. The zero-order valence-electron chi connectivity index (χ0n) is 18.6. The third kappa shape index (κ3) is 3.09. The molecule has 3 aliphatic rings. The van der Waals surface area contributed by atoms with Crippen LogP contribution >= 0.6 is 11.3 Å². The third-order valence-corrected chi connectivity index (χ3v) is 8.07. The summed E-state index contributed by atoms with van der Waals surface area (Å²) in [6, 6.07) is 10.6. The molecule has 31 heavy (non-hydrogen) atoms. The van der Waals surface area contributed by atoms with Crippen LogP contribution in [0, 0.1) is 5.41 Å². The molecule has 1 aromatic heterocycles. The van der Waals surface area contributed by atoms with Gasteiger partial charge in [0, 0.05) is 35.5 Å². The van der Waals surface area contributed by atoms with Crippen LogP contribution in [-0.2, 0) is 16.7 Å². The summed E-state index contributed by atoms with van der Waals surface area (Å²) < 4.78 is 1.20. The van der Waals surface area contributed by atoms with E-state index in [2.05, 4.69) is 62.9 Å². The number of rotatable bonds is 1. The molecule has 0 aliphatic carbocycles. The topological polar surface area (TPSA) is 34.6 Å². The van der Waals surface area contributed by atoms with E-state index in [9.17, 15) is 0 Å². The molecule has 0 radical (unpaired) electrons. The first kappa shape index (κ1) is 19.3.